The molecule has 1 aromatic rings. The highest BCUT2D eigenvalue weighted by Crippen LogP contribution is 2.40. The van der Waals surface area contributed by atoms with Gasteiger partial charge in [0.15, 0.2) is 0 Å². The predicted octanol–water partition coefficient (Wildman–Crippen LogP) is 2.82. The highest BCUT2D eigenvalue weighted by molar-refractivity contribution is 5.28. The predicted molar refractivity (Wildman–Crippen MR) is 71.1 cm³/mol. The van der Waals surface area contributed by atoms with Crippen LogP contribution in [0.15, 0.2) is 24.3 Å². The molecule has 17 heavy (non-hydrogen) atoms. The summed E-state index contributed by atoms with van der Waals surface area (Å²) in [6.07, 6.45) is 5.95. The highest BCUT2D eigenvalue weighted by atomic mass is 16.2. The smallest absolute Gasteiger partial charge is 0.0431 e. The van der Waals surface area contributed by atoms with E-state index in [0.29, 0.717) is 6.61 Å². The monoisotopic (exact) mass is 233 g/mol. The minimum Gasteiger partial charge on any atom is -0.396 e. The second kappa shape index (κ2) is 6.77. The van der Waals surface area contributed by atoms with E-state index in [2.05, 4.69) is 29.6 Å². The van der Waals surface area contributed by atoms with Crippen LogP contribution in [0.5, 0.6) is 0 Å². The van der Waals surface area contributed by atoms with E-state index in [-0.39, 0.29) is 0 Å². The van der Waals surface area contributed by atoms with Gasteiger partial charge in [-0.15, -0.1) is 0 Å². The molecule has 0 radical (unpaired) electrons. The Labute approximate surface area is 104 Å². The van der Waals surface area contributed by atoms with E-state index in [4.69, 9.17) is 5.11 Å². The van der Waals surface area contributed by atoms with E-state index >= 15 is 0 Å². The van der Waals surface area contributed by atoms with Crippen molar-refractivity contribution in [1.29, 1.82) is 0 Å². The van der Waals surface area contributed by atoms with E-state index in [1.807, 2.05) is 0 Å². The Morgan fingerprint density at radius 3 is 2.82 bits per heavy atom. The quantitative estimate of drug-likeness (QED) is 0.677. The van der Waals surface area contributed by atoms with Crippen molar-refractivity contribution in [3.05, 3.63) is 35.4 Å². The van der Waals surface area contributed by atoms with Gasteiger partial charge in [0.1, 0.15) is 0 Å². The van der Waals surface area contributed by atoms with Crippen LogP contribution in [0.4, 0.5) is 0 Å². The summed E-state index contributed by atoms with van der Waals surface area (Å²) in [4.78, 5) is 0. The largest absolute Gasteiger partial charge is 0.396 e. The lowest BCUT2D eigenvalue weighted by molar-refractivity contribution is 0.283. The number of aliphatic hydroxyl groups excluding tert-OH is 1. The van der Waals surface area contributed by atoms with Gasteiger partial charge >= 0.3 is 0 Å². The number of aliphatic hydroxyl groups is 1. The average Bonchev–Trinajstić information content (AvgIpc) is 3.18. The Morgan fingerprint density at radius 1 is 1.18 bits per heavy atom. The standard InChI is InChI=1S/C15H23NO/c17-10-3-1-2-9-16-12-13-5-4-6-15(11-13)14-7-8-14/h4-6,11,14,16-17H,1-3,7-10,12H2. The Balaban J connectivity index is 1.66. The van der Waals surface area contributed by atoms with Gasteiger partial charge in [0.25, 0.3) is 0 Å². The first-order valence-electron chi connectivity index (χ1n) is 6.80. The van der Waals surface area contributed by atoms with Gasteiger partial charge in [-0.25, -0.2) is 0 Å². The molecule has 1 aromatic carbocycles. The van der Waals surface area contributed by atoms with Gasteiger partial charge in [0.05, 0.1) is 0 Å². The summed E-state index contributed by atoms with van der Waals surface area (Å²) in [5.41, 5.74) is 2.92. The van der Waals surface area contributed by atoms with Crippen LogP contribution in [-0.4, -0.2) is 18.3 Å². The Kier molecular flexibility index (Phi) is 5.02. The fraction of sp³-hybridized carbons (Fsp3) is 0.600. The minimum atomic E-state index is 0.323. The number of rotatable bonds is 8. The summed E-state index contributed by atoms with van der Waals surface area (Å²) < 4.78 is 0. The zero-order valence-electron chi connectivity index (χ0n) is 10.5. The number of benzene rings is 1. The molecule has 0 spiro atoms. The maximum absolute atomic E-state index is 8.67. The van der Waals surface area contributed by atoms with Crippen LogP contribution in [0, 0.1) is 0 Å². The fourth-order valence-corrected chi connectivity index (χ4v) is 2.14. The summed E-state index contributed by atoms with van der Waals surface area (Å²) >= 11 is 0. The average molecular weight is 233 g/mol. The maximum Gasteiger partial charge on any atom is 0.0431 e. The molecule has 2 nitrogen and oxygen atoms in total. The normalized spacial score (nSPS) is 15.1. The lowest BCUT2D eigenvalue weighted by atomic mass is 10.1. The van der Waals surface area contributed by atoms with Gasteiger partial charge in [-0.2, -0.15) is 0 Å². The summed E-state index contributed by atoms with van der Waals surface area (Å²) in [6, 6.07) is 8.98. The molecule has 2 rings (SSSR count). The van der Waals surface area contributed by atoms with Gasteiger partial charge in [-0.05, 0) is 55.7 Å². The first-order valence-corrected chi connectivity index (χ1v) is 6.80. The van der Waals surface area contributed by atoms with E-state index in [1.165, 1.54) is 24.0 Å². The molecule has 0 aromatic heterocycles. The molecule has 0 saturated heterocycles. The van der Waals surface area contributed by atoms with Crippen molar-refractivity contribution in [1.82, 2.24) is 5.32 Å². The molecule has 0 heterocycles. The first-order chi connectivity index (χ1) is 8.40. The van der Waals surface area contributed by atoms with E-state index in [0.717, 1.165) is 38.3 Å². The summed E-state index contributed by atoms with van der Waals surface area (Å²) in [5, 5.41) is 12.1. The van der Waals surface area contributed by atoms with Crippen LogP contribution in [0.1, 0.15) is 49.1 Å². The van der Waals surface area contributed by atoms with Crippen molar-refractivity contribution in [3.8, 4) is 0 Å². The SMILES string of the molecule is OCCCCCNCc1cccc(C2CC2)c1. The number of hydrogen-bond donors (Lipinski definition) is 2. The molecule has 94 valence electrons. The topological polar surface area (TPSA) is 32.3 Å². The second-order valence-electron chi connectivity index (χ2n) is 4.98. The molecule has 0 amide bonds. The highest BCUT2D eigenvalue weighted by Gasteiger charge is 2.23. The molecular formula is C15H23NO. The molecule has 2 heteroatoms. The molecular weight excluding hydrogens is 210 g/mol. The Hall–Kier alpha value is -0.860. The molecule has 2 N–H and O–H groups in total. The van der Waals surface area contributed by atoms with Crippen molar-refractivity contribution in [2.75, 3.05) is 13.2 Å². The van der Waals surface area contributed by atoms with Crippen molar-refractivity contribution < 1.29 is 5.11 Å². The third kappa shape index (κ3) is 4.49. The van der Waals surface area contributed by atoms with Gasteiger partial charge in [-0.1, -0.05) is 24.3 Å². The van der Waals surface area contributed by atoms with E-state index < -0.39 is 0 Å². The third-order valence-corrected chi connectivity index (χ3v) is 3.34. The van der Waals surface area contributed by atoms with Crippen molar-refractivity contribution in [3.63, 3.8) is 0 Å². The lowest BCUT2D eigenvalue weighted by Gasteiger charge is -2.06. The van der Waals surface area contributed by atoms with E-state index in [9.17, 15) is 0 Å². The van der Waals surface area contributed by atoms with E-state index in [1.54, 1.807) is 0 Å². The molecule has 1 fully saturated rings. The lowest BCUT2D eigenvalue weighted by Crippen LogP contribution is -2.14. The molecule has 1 saturated carbocycles. The minimum absolute atomic E-state index is 0.323. The number of nitrogens with one attached hydrogen (secondary N) is 1. The van der Waals surface area contributed by atoms with Crippen LogP contribution in [0.3, 0.4) is 0 Å². The van der Waals surface area contributed by atoms with Gasteiger partial charge < -0.3 is 10.4 Å². The molecule has 1 aliphatic rings. The molecule has 0 bridgehead atoms. The number of unbranched alkanes of at least 4 members (excludes halogenated alkanes) is 2. The molecule has 0 unspecified atom stereocenters. The van der Waals surface area contributed by atoms with Crippen molar-refractivity contribution >= 4 is 0 Å². The van der Waals surface area contributed by atoms with Crippen molar-refractivity contribution in [2.45, 2.75) is 44.6 Å². The Morgan fingerprint density at radius 2 is 2.06 bits per heavy atom. The molecule has 1 aliphatic carbocycles. The van der Waals surface area contributed by atoms with Gasteiger partial charge in [0, 0.05) is 13.2 Å². The molecule has 0 aliphatic heterocycles. The summed E-state index contributed by atoms with van der Waals surface area (Å²) in [6.45, 7) is 2.34. The summed E-state index contributed by atoms with van der Waals surface area (Å²) in [7, 11) is 0. The Bertz CT molecular complexity index is 333. The summed E-state index contributed by atoms with van der Waals surface area (Å²) in [5.74, 6) is 0.847. The first kappa shape index (κ1) is 12.6. The van der Waals surface area contributed by atoms with Gasteiger partial charge in [-0.3, -0.25) is 0 Å². The van der Waals surface area contributed by atoms with Crippen molar-refractivity contribution in [2.24, 2.45) is 0 Å². The van der Waals surface area contributed by atoms with Gasteiger partial charge in [0.2, 0.25) is 0 Å². The van der Waals surface area contributed by atoms with Crippen LogP contribution in [-0.2, 0) is 6.54 Å². The number of hydrogen-bond acceptors (Lipinski definition) is 2. The second-order valence-corrected chi connectivity index (χ2v) is 4.98. The third-order valence-electron chi connectivity index (χ3n) is 3.34. The molecule has 0 atom stereocenters. The van der Waals surface area contributed by atoms with Crippen LogP contribution < -0.4 is 5.32 Å². The van der Waals surface area contributed by atoms with Crippen LogP contribution in [0.25, 0.3) is 0 Å². The zero-order chi connectivity index (χ0) is 11.9. The zero-order valence-corrected chi connectivity index (χ0v) is 10.5. The van der Waals surface area contributed by atoms with Crippen LogP contribution in [0.2, 0.25) is 0 Å². The van der Waals surface area contributed by atoms with Crippen LogP contribution >= 0.6 is 0 Å². The fourth-order valence-electron chi connectivity index (χ4n) is 2.14. The maximum atomic E-state index is 8.67.